The molecular formula is C9H14ClOZr. The maximum atomic E-state index is 5.62. The maximum Gasteiger partial charge on any atom is -1.00 e. The number of unbranched alkanes of at least 4 members (excludes halogenated alkanes) is 1. The van der Waals surface area contributed by atoms with E-state index in [1.807, 2.05) is 0 Å². The van der Waals surface area contributed by atoms with Gasteiger partial charge in [0.1, 0.15) is 0 Å². The molecule has 1 nitrogen and oxygen atoms in total. The zero-order valence-corrected chi connectivity index (χ0v) is 10.6. The van der Waals surface area contributed by atoms with Crippen molar-refractivity contribution in [2.45, 2.75) is 26.2 Å². The minimum absolute atomic E-state index is 0. The Balaban J connectivity index is 0.00000121. The van der Waals surface area contributed by atoms with Crippen molar-refractivity contribution in [2.75, 3.05) is 6.61 Å². The Bertz CT molecular complexity index is 166. The molecule has 0 saturated carbocycles. The molecule has 0 atom stereocenters. The van der Waals surface area contributed by atoms with Crippen molar-refractivity contribution in [3.05, 3.63) is 21.5 Å². The number of halogens is 1. The summed E-state index contributed by atoms with van der Waals surface area (Å²) in [5.74, 6) is 0. The van der Waals surface area contributed by atoms with Gasteiger partial charge >= 0.3 is 80.8 Å². The van der Waals surface area contributed by atoms with Crippen LogP contribution in [0.25, 0.3) is 0 Å². The van der Waals surface area contributed by atoms with Gasteiger partial charge in [0.25, 0.3) is 0 Å². The first-order chi connectivity index (χ1) is 5.43. The molecule has 3 heteroatoms. The monoisotopic (exact) mass is 263 g/mol. The maximum absolute atomic E-state index is 5.62. The van der Waals surface area contributed by atoms with Crippen molar-refractivity contribution in [1.29, 1.82) is 0 Å². The first-order valence-electron chi connectivity index (χ1n) is 4.17. The van der Waals surface area contributed by atoms with Crippen LogP contribution < -0.4 is 12.4 Å². The summed E-state index contributed by atoms with van der Waals surface area (Å²) in [7, 11) is 0. The molecule has 1 aliphatic rings. The van der Waals surface area contributed by atoms with Gasteiger partial charge < -0.3 is 12.4 Å². The summed E-state index contributed by atoms with van der Waals surface area (Å²) < 4.78 is 7.19. The molecule has 0 amide bonds. The third-order valence-corrected chi connectivity index (χ3v) is 3.99. The van der Waals surface area contributed by atoms with Gasteiger partial charge in [-0.3, -0.25) is 0 Å². The van der Waals surface area contributed by atoms with Gasteiger partial charge in [0, 0.05) is 0 Å². The molecule has 0 aliphatic heterocycles. The number of allylic oxidation sites excluding steroid dienone is 4. The van der Waals surface area contributed by atoms with Gasteiger partial charge in [0.05, 0.1) is 0 Å². The molecule has 0 aromatic rings. The van der Waals surface area contributed by atoms with Crippen molar-refractivity contribution in [3.63, 3.8) is 0 Å². The summed E-state index contributed by atoms with van der Waals surface area (Å²) in [6.07, 6.45) is 10.2. The molecule has 0 bridgehead atoms. The van der Waals surface area contributed by atoms with E-state index in [9.17, 15) is 0 Å². The fourth-order valence-electron chi connectivity index (χ4n) is 0.883. The summed E-state index contributed by atoms with van der Waals surface area (Å²) in [6, 6.07) is 0. The van der Waals surface area contributed by atoms with E-state index in [2.05, 4.69) is 25.2 Å². The van der Waals surface area contributed by atoms with Gasteiger partial charge in [-0.2, -0.15) is 0 Å². The number of hydrogen-bond donors (Lipinski definition) is 0. The molecule has 1 aliphatic carbocycles. The summed E-state index contributed by atoms with van der Waals surface area (Å²) in [5, 5.41) is 0. The van der Waals surface area contributed by atoms with Gasteiger partial charge in [0.2, 0.25) is 0 Å². The Morgan fingerprint density at radius 3 is 3.00 bits per heavy atom. The van der Waals surface area contributed by atoms with Gasteiger partial charge in [-0.1, -0.05) is 0 Å². The largest absolute Gasteiger partial charge is 1.00 e. The summed E-state index contributed by atoms with van der Waals surface area (Å²) in [4.78, 5) is 0. The van der Waals surface area contributed by atoms with E-state index in [-0.39, 0.29) is 12.4 Å². The fourth-order valence-corrected chi connectivity index (χ4v) is 2.84. The van der Waals surface area contributed by atoms with Crippen LogP contribution in [0.2, 0.25) is 0 Å². The minimum Gasteiger partial charge on any atom is -1.00 e. The Labute approximate surface area is 92.9 Å². The van der Waals surface area contributed by atoms with Gasteiger partial charge in [-0.05, 0) is 0 Å². The van der Waals surface area contributed by atoms with Crippen LogP contribution >= 0.6 is 0 Å². The van der Waals surface area contributed by atoms with E-state index in [1.54, 1.807) is 3.28 Å². The van der Waals surface area contributed by atoms with E-state index in [1.165, 1.54) is 12.8 Å². The molecule has 0 N–H and O–H groups in total. The van der Waals surface area contributed by atoms with Crippen LogP contribution in [0.15, 0.2) is 21.5 Å². The van der Waals surface area contributed by atoms with Crippen LogP contribution in [0.4, 0.5) is 0 Å². The molecular weight excluding hydrogens is 251 g/mol. The molecule has 0 radical (unpaired) electrons. The molecule has 0 heterocycles. The first-order valence-corrected chi connectivity index (χ1v) is 6.40. The summed E-state index contributed by atoms with van der Waals surface area (Å²) in [5.41, 5.74) is 0. The molecule has 0 aromatic carbocycles. The van der Waals surface area contributed by atoms with Crippen LogP contribution in [-0.2, 0) is 26.5 Å². The second-order valence-corrected chi connectivity index (χ2v) is 5.42. The SMILES string of the molecule is CCCC[O][Zr+][C]1=CC=CC1.[Cl-]. The summed E-state index contributed by atoms with van der Waals surface area (Å²) >= 11 is -0.594. The average molecular weight is 265 g/mol. The van der Waals surface area contributed by atoms with E-state index < -0.39 is 23.7 Å². The topological polar surface area (TPSA) is 9.23 Å². The third-order valence-electron chi connectivity index (χ3n) is 1.57. The zero-order chi connectivity index (χ0) is 7.94. The molecule has 67 valence electrons. The Morgan fingerprint density at radius 2 is 2.42 bits per heavy atom. The number of hydrogen-bond acceptors (Lipinski definition) is 1. The quantitative estimate of drug-likeness (QED) is 0.617. The average Bonchev–Trinajstić information content (AvgIpc) is 2.50. The van der Waals surface area contributed by atoms with E-state index in [0.717, 1.165) is 13.0 Å². The zero-order valence-electron chi connectivity index (χ0n) is 7.35. The molecule has 0 saturated heterocycles. The van der Waals surface area contributed by atoms with Gasteiger partial charge in [0.15, 0.2) is 0 Å². The molecule has 0 fully saturated rings. The van der Waals surface area contributed by atoms with Crippen LogP contribution in [0.5, 0.6) is 0 Å². The Kier molecular flexibility index (Phi) is 8.64. The molecule has 1 rings (SSSR count). The predicted molar refractivity (Wildman–Crippen MR) is 42.7 cm³/mol. The van der Waals surface area contributed by atoms with Crippen molar-refractivity contribution < 1.29 is 38.9 Å². The normalized spacial score (nSPS) is 13.6. The molecule has 0 unspecified atom stereocenters. The van der Waals surface area contributed by atoms with Crippen LogP contribution in [0.1, 0.15) is 26.2 Å². The second kappa shape index (κ2) is 8.22. The third kappa shape index (κ3) is 5.29. The van der Waals surface area contributed by atoms with E-state index >= 15 is 0 Å². The fraction of sp³-hybridized carbons (Fsp3) is 0.556. The van der Waals surface area contributed by atoms with Crippen LogP contribution in [-0.4, -0.2) is 6.61 Å². The Morgan fingerprint density at radius 1 is 1.58 bits per heavy atom. The van der Waals surface area contributed by atoms with Crippen molar-refractivity contribution >= 4 is 0 Å². The van der Waals surface area contributed by atoms with Crippen LogP contribution in [0, 0.1) is 0 Å². The molecule has 12 heavy (non-hydrogen) atoms. The van der Waals surface area contributed by atoms with Crippen molar-refractivity contribution in [1.82, 2.24) is 0 Å². The predicted octanol–water partition coefficient (Wildman–Crippen LogP) is -0.352. The first kappa shape index (κ1) is 12.6. The molecule has 0 spiro atoms. The van der Waals surface area contributed by atoms with Gasteiger partial charge in [-0.25, -0.2) is 0 Å². The standard InChI is InChI=1S/C5H5.C4H9O.ClH.Zr/c1-2-4-5-3-1;1-2-3-4-5;;/h1-3H,4H2;2-4H2,1H3;1H;/q;-1;;+2/p-1. The van der Waals surface area contributed by atoms with Gasteiger partial charge in [-0.15, -0.1) is 0 Å². The smallest absolute Gasteiger partial charge is 1.00 e. The van der Waals surface area contributed by atoms with E-state index in [4.69, 9.17) is 2.81 Å². The molecule has 0 aromatic heterocycles. The van der Waals surface area contributed by atoms with Crippen molar-refractivity contribution in [3.8, 4) is 0 Å². The minimum atomic E-state index is -0.594. The van der Waals surface area contributed by atoms with Crippen molar-refractivity contribution in [2.24, 2.45) is 0 Å². The Hall–Kier alpha value is 0.613. The van der Waals surface area contributed by atoms with E-state index in [0.29, 0.717) is 0 Å². The number of rotatable bonds is 5. The van der Waals surface area contributed by atoms with Crippen LogP contribution in [0.3, 0.4) is 0 Å². The summed E-state index contributed by atoms with van der Waals surface area (Å²) in [6.45, 7) is 3.19. The second-order valence-electron chi connectivity index (χ2n) is 2.63.